The molecule has 6 heavy (non-hydrogen) atoms. The van der Waals surface area contributed by atoms with Crippen LogP contribution < -0.4 is 56.5 Å². The van der Waals surface area contributed by atoms with Gasteiger partial charge < -0.3 is 5.11 Å². The number of hydrogen-bond donors (Lipinski definition) is 0. The van der Waals surface area contributed by atoms with E-state index in [1.165, 1.54) is 6.92 Å². The van der Waals surface area contributed by atoms with Gasteiger partial charge >= 0.3 is 51.4 Å². The summed E-state index contributed by atoms with van der Waals surface area (Å²) in [5.74, 6) is -0.0833. The molecule has 3 heteroatoms. The first kappa shape index (κ1) is 15.7. The third-order valence-corrected chi connectivity index (χ3v) is 0. The molecule has 0 aliphatic carbocycles. The minimum absolute atomic E-state index is 0. The fourth-order valence-corrected chi connectivity index (χ4v) is 0. The molecular formula is C3H6FKO. The van der Waals surface area contributed by atoms with Crippen LogP contribution in [0.15, 0.2) is 12.3 Å². The minimum atomic E-state index is -0.0833. The van der Waals surface area contributed by atoms with Crippen molar-refractivity contribution in [2.24, 2.45) is 0 Å². The van der Waals surface area contributed by atoms with E-state index in [0.717, 1.165) is 0 Å². The maximum atomic E-state index is 9.33. The Kier molecular flexibility index (Phi) is 24.7. The second-order valence-electron chi connectivity index (χ2n) is 0.702. The molecule has 0 aromatic rings. The molecule has 32 valence electrons. The Balaban J connectivity index is -0.0000000450. The van der Waals surface area contributed by atoms with Crippen LogP contribution in [0.2, 0.25) is 0 Å². The molecule has 0 rings (SSSR count). The molecule has 0 N–H and O–H groups in total. The normalized spacial score (nSPS) is 4.17. The van der Waals surface area contributed by atoms with Crippen LogP contribution in [0.25, 0.3) is 0 Å². The number of halogens is 1. The molecule has 0 heterocycles. The monoisotopic (exact) mass is 116 g/mol. The molecule has 0 bridgehead atoms. The standard InChI is InChI=1S/C3H6O.FH.K/c1-3(2)4;;/h4H,1H2,2H3;1H;/q;;+1/p-1. The van der Waals surface area contributed by atoms with Gasteiger partial charge in [0.05, 0.1) is 0 Å². The second kappa shape index (κ2) is 9.44. The summed E-state index contributed by atoms with van der Waals surface area (Å²) in [4.78, 5) is 0. The molecule has 0 fully saturated rings. The Morgan fingerprint density at radius 2 is 1.67 bits per heavy atom. The zero-order valence-corrected chi connectivity index (χ0v) is 7.15. The van der Waals surface area contributed by atoms with E-state index in [2.05, 4.69) is 6.58 Å². The van der Waals surface area contributed by atoms with Gasteiger partial charge in [-0.25, -0.2) is 0 Å². The van der Waals surface area contributed by atoms with E-state index in [0.29, 0.717) is 0 Å². The van der Waals surface area contributed by atoms with E-state index in [-0.39, 0.29) is 61.8 Å². The predicted molar refractivity (Wildman–Crippen MR) is 17.3 cm³/mol. The van der Waals surface area contributed by atoms with E-state index in [1.54, 1.807) is 0 Å². The van der Waals surface area contributed by atoms with Crippen molar-refractivity contribution in [3.8, 4) is 0 Å². The summed E-state index contributed by atoms with van der Waals surface area (Å²) in [5.41, 5.74) is 0. The van der Waals surface area contributed by atoms with Crippen molar-refractivity contribution >= 4 is 0 Å². The third-order valence-electron chi connectivity index (χ3n) is 0. The predicted octanol–water partition coefficient (Wildman–Crippen LogP) is -2.96. The molecule has 0 saturated carbocycles. The van der Waals surface area contributed by atoms with Crippen molar-refractivity contribution in [3.63, 3.8) is 0 Å². The van der Waals surface area contributed by atoms with Crippen molar-refractivity contribution in [1.82, 2.24) is 0 Å². The van der Waals surface area contributed by atoms with Crippen molar-refractivity contribution < 1.29 is 61.2 Å². The summed E-state index contributed by atoms with van der Waals surface area (Å²) in [7, 11) is 0. The Bertz CT molecular complexity index is 33.8. The number of rotatable bonds is 0. The minimum Gasteiger partial charge on any atom is -0.876 e. The second-order valence-corrected chi connectivity index (χ2v) is 0.702. The summed E-state index contributed by atoms with van der Waals surface area (Å²) >= 11 is 0. The number of hydrogen-bond acceptors (Lipinski definition) is 1. The quantitative estimate of drug-likeness (QED) is 0.245. The van der Waals surface area contributed by atoms with Crippen LogP contribution in [-0.4, -0.2) is 0 Å². The molecular weight excluding hydrogens is 110 g/mol. The van der Waals surface area contributed by atoms with Gasteiger partial charge in [0, 0.05) is 0 Å². The SMILES string of the molecule is C=C(C)[O-].F.[K+]. The first-order chi connectivity index (χ1) is 1.73. The topological polar surface area (TPSA) is 23.1 Å². The van der Waals surface area contributed by atoms with Gasteiger partial charge in [-0.15, -0.1) is 12.3 Å². The zero-order chi connectivity index (χ0) is 3.58. The molecule has 0 saturated heterocycles. The molecule has 0 aliphatic rings. The van der Waals surface area contributed by atoms with Crippen LogP contribution in [0.5, 0.6) is 0 Å². The summed E-state index contributed by atoms with van der Waals surface area (Å²) in [6, 6.07) is 0. The van der Waals surface area contributed by atoms with Crippen molar-refractivity contribution in [2.45, 2.75) is 6.92 Å². The first-order valence-electron chi connectivity index (χ1n) is 1.06. The average molecular weight is 116 g/mol. The van der Waals surface area contributed by atoms with Gasteiger partial charge in [-0.2, -0.15) is 0 Å². The molecule has 0 spiro atoms. The largest absolute Gasteiger partial charge is 1.00 e. The van der Waals surface area contributed by atoms with Crippen molar-refractivity contribution in [1.29, 1.82) is 0 Å². The molecule has 0 radical (unpaired) electrons. The molecule has 0 amide bonds. The third kappa shape index (κ3) is 70.3. The van der Waals surface area contributed by atoms with Crippen molar-refractivity contribution in [3.05, 3.63) is 12.3 Å². The number of allylic oxidation sites excluding steroid dienone is 1. The average Bonchev–Trinajstić information content (AvgIpc) is 0.811. The molecule has 0 aromatic heterocycles. The zero-order valence-electron chi connectivity index (χ0n) is 4.02. The molecule has 0 aromatic carbocycles. The fraction of sp³-hybridized carbons (Fsp3) is 0.333. The van der Waals surface area contributed by atoms with Crippen LogP contribution in [0, 0.1) is 0 Å². The van der Waals surface area contributed by atoms with Crippen molar-refractivity contribution in [2.75, 3.05) is 0 Å². The van der Waals surface area contributed by atoms with E-state index >= 15 is 0 Å². The van der Waals surface area contributed by atoms with Gasteiger partial charge in [0.25, 0.3) is 0 Å². The maximum Gasteiger partial charge on any atom is 1.00 e. The van der Waals surface area contributed by atoms with Crippen LogP contribution >= 0.6 is 0 Å². The van der Waals surface area contributed by atoms with E-state index < -0.39 is 0 Å². The Morgan fingerprint density at radius 3 is 1.67 bits per heavy atom. The first-order valence-corrected chi connectivity index (χ1v) is 1.06. The summed E-state index contributed by atoms with van der Waals surface area (Å²) in [5, 5.41) is 9.33. The Morgan fingerprint density at radius 1 is 1.67 bits per heavy atom. The van der Waals surface area contributed by atoms with Gasteiger partial charge in [0.15, 0.2) is 0 Å². The molecule has 0 unspecified atom stereocenters. The van der Waals surface area contributed by atoms with Gasteiger partial charge in [-0.3, -0.25) is 4.70 Å². The Hall–Kier alpha value is 1.11. The van der Waals surface area contributed by atoms with E-state index in [1.807, 2.05) is 0 Å². The van der Waals surface area contributed by atoms with Crippen LogP contribution in [-0.2, 0) is 0 Å². The van der Waals surface area contributed by atoms with Crippen LogP contribution in [0.1, 0.15) is 6.92 Å². The molecule has 0 atom stereocenters. The van der Waals surface area contributed by atoms with E-state index in [9.17, 15) is 5.11 Å². The van der Waals surface area contributed by atoms with Gasteiger partial charge in [0.2, 0.25) is 0 Å². The summed E-state index contributed by atoms with van der Waals surface area (Å²) < 4.78 is 0. The van der Waals surface area contributed by atoms with Gasteiger partial charge in [0.1, 0.15) is 0 Å². The van der Waals surface area contributed by atoms with Crippen LogP contribution in [0.4, 0.5) is 4.70 Å². The maximum absolute atomic E-state index is 9.33. The Labute approximate surface area is 79.2 Å². The smallest absolute Gasteiger partial charge is 0.876 e. The van der Waals surface area contributed by atoms with E-state index in [4.69, 9.17) is 0 Å². The summed E-state index contributed by atoms with van der Waals surface area (Å²) in [6.07, 6.45) is 0. The molecule has 0 aliphatic heterocycles. The van der Waals surface area contributed by atoms with Gasteiger partial charge in [-0.05, 0) is 0 Å². The van der Waals surface area contributed by atoms with Gasteiger partial charge in [-0.1, -0.05) is 6.92 Å². The summed E-state index contributed by atoms with van der Waals surface area (Å²) in [6.45, 7) is 4.42. The van der Waals surface area contributed by atoms with Crippen LogP contribution in [0.3, 0.4) is 0 Å². The molecule has 1 nitrogen and oxygen atoms in total. The fourth-order valence-electron chi connectivity index (χ4n) is 0.